The van der Waals surface area contributed by atoms with Crippen molar-refractivity contribution in [3.63, 3.8) is 0 Å². The third-order valence-electron chi connectivity index (χ3n) is 3.60. The van der Waals surface area contributed by atoms with Crippen molar-refractivity contribution in [2.24, 2.45) is 5.92 Å². The molecule has 0 aliphatic rings. The highest BCUT2D eigenvalue weighted by atomic mass is 16.3. The second-order valence-corrected chi connectivity index (χ2v) is 6.42. The van der Waals surface area contributed by atoms with Gasteiger partial charge in [0.05, 0.1) is 5.92 Å². The number of aliphatic hydroxyl groups is 1. The number of hydrogen-bond donors (Lipinski definition) is 2. The normalized spacial score (nSPS) is 13.6. The van der Waals surface area contributed by atoms with Gasteiger partial charge in [0.15, 0.2) is 0 Å². The molecule has 120 valence electrons. The van der Waals surface area contributed by atoms with Crippen LogP contribution in [0.15, 0.2) is 36.1 Å². The third-order valence-corrected chi connectivity index (χ3v) is 3.60. The number of hydrogen-bond acceptors (Lipinski definition) is 3. The van der Waals surface area contributed by atoms with Crippen LogP contribution in [0, 0.1) is 5.92 Å². The first-order valence-corrected chi connectivity index (χ1v) is 7.41. The first-order chi connectivity index (χ1) is 10.2. The van der Waals surface area contributed by atoms with Crippen molar-refractivity contribution >= 4 is 11.7 Å². The maximum Gasteiger partial charge on any atom is 0.251 e. The van der Waals surface area contributed by atoms with Gasteiger partial charge in [-0.3, -0.25) is 9.59 Å². The van der Waals surface area contributed by atoms with Crippen LogP contribution in [0.2, 0.25) is 0 Å². The van der Waals surface area contributed by atoms with Gasteiger partial charge in [0, 0.05) is 12.1 Å². The molecular formula is C18H25NO3. The highest BCUT2D eigenvalue weighted by Gasteiger charge is 2.20. The number of Topliss-reactive ketones (excluding diaryl/α,β-unsaturated/α-hetero) is 1. The molecule has 1 atom stereocenters. The first kappa shape index (κ1) is 18.0. The quantitative estimate of drug-likeness (QED) is 0.819. The molecule has 2 N–H and O–H groups in total. The maximum absolute atomic E-state index is 12.2. The van der Waals surface area contributed by atoms with Crippen LogP contribution in [0.5, 0.6) is 0 Å². The molecule has 0 bridgehead atoms. The fraction of sp³-hybridized carbons (Fsp3) is 0.444. The lowest BCUT2D eigenvalue weighted by Crippen LogP contribution is -2.33. The van der Waals surface area contributed by atoms with E-state index in [-0.39, 0.29) is 29.4 Å². The number of rotatable bonds is 5. The molecule has 1 amide bonds. The van der Waals surface area contributed by atoms with Gasteiger partial charge >= 0.3 is 0 Å². The Kier molecular flexibility index (Phi) is 5.92. The fourth-order valence-corrected chi connectivity index (χ4v) is 2.08. The monoisotopic (exact) mass is 303 g/mol. The van der Waals surface area contributed by atoms with Gasteiger partial charge in [0.25, 0.3) is 5.91 Å². The Hall–Kier alpha value is -2.10. The minimum atomic E-state index is -0.695. The average Bonchev–Trinajstić information content (AvgIpc) is 2.45. The van der Waals surface area contributed by atoms with Crippen LogP contribution in [0.1, 0.15) is 50.5 Å². The van der Waals surface area contributed by atoms with Crippen molar-refractivity contribution in [2.45, 2.75) is 40.0 Å². The van der Waals surface area contributed by atoms with Crippen LogP contribution in [0.4, 0.5) is 0 Å². The van der Waals surface area contributed by atoms with E-state index in [0.29, 0.717) is 5.56 Å². The van der Waals surface area contributed by atoms with Crippen molar-refractivity contribution in [1.29, 1.82) is 0 Å². The first-order valence-electron chi connectivity index (χ1n) is 7.41. The molecule has 1 aromatic carbocycles. The van der Waals surface area contributed by atoms with E-state index in [1.165, 1.54) is 13.0 Å². The van der Waals surface area contributed by atoms with Gasteiger partial charge in [-0.15, -0.1) is 0 Å². The van der Waals surface area contributed by atoms with Crippen molar-refractivity contribution < 1.29 is 14.7 Å². The lowest BCUT2D eigenvalue weighted by molar-refractivity contribution is -0.120. The van der Waals surface area contributed by atoms with Crippen LogP contribution in [-0.2, 0) is 10.2 Å². The molecule has 0 saturated heterocycles. The number of carbonyl (C=O) groups excluding carboxylic acids is 2. The van der Waals surface area contributed by atoms with Crippen LogP contribution in [-0.4, -0.2) is 23.3 Å². The second-order valence-electron chi connectivity index (χ2n) is 6.42. The summed E-state index contributed by atoms with van der Waals surface area (Å²) < 4.78 is 0. The number of allylic oxidation sites excluding steroid dienone is 1. The molecule has 0 aliphatic heterocycles. The minimum Gasteiger partial charge on any atom is -0.512 e. The van der Waals surface area contributed by atoms with Gasteiger partial charge in [0.1, 0.15) is 11.5 Å². The lowest BCUT2D eigenvalue weighted by Gasteiger charge is -2.20. The number of aliphatic hydroxyl groups excluding tert-OH is 1. The molecule has 22 heavy (non-hydrogen) atoms. The summed E-state index contributed by atoms with van der Waals surface area (Å²) in [5.74, 6) is -1.14. The zero-order valence-electron chi connectivity index (χ0n) is 13.9. The van der Waals surface area contributed by atoms with Gasteiger partial charge in [-0.25, -0.2) is 0 Å². The number of benzene rings is 1. The molecule has 0 saturated carbocycles. The number of amides is 1. The number of ketones is 1. The smallest absolute Gasteiger partial charge is 0.251 e. The van der Waals surface area contributed by atoms with Gasteiger partial charge in [-0.2, -0.15) is 0 Å². The van der Waals surface area contributed by atoms with E-state index in [2.05, 4.69) is 26.1 Å². The van der Waals surface area contributed by atoms with Gasteiger partial charge in [-0.1, -0.05) is 32.9 Å². The molecule has 1 rings (SSSR count). The second kappa shape index (κ2) is 7.25. The Morgan fingerprint density at radius 3 is 2.45 bits per heavy atom. The summed E-state index contributed by atoms with van der Waals surface area (Å²) in [6, 6.07) is 7.43. The minimum absolute atomic E-state index is 0.0174. The maximum atomic E-state index is 12.2. The highest BCUT2D eigenvalue weighted by Crippen LogP contribution is 2.22. The average molecular weight is 303 g/mol. The SMILES string of the molecule is C/C=C(/O)[C@@H](CNC(=O)c1cccc(C(C)(C)C)c1)C(C)=O. The van der Waals surface area contributed by atoms with Gasteiger partial charge in [0.2, 0.25) is 0 Å². The van der Waals surface area contributed by atoms with Crippen molar-refractivity contribution in [3.05, 3.63) is 47.2 Å². The molecular weight excluding hydrogens is 278 g/mol. The largest absolute Gasteiger partial charge is 0.512 e. The standard InChI is InChI=1S/C18H25NO3/c1-6-16(21)15(12(2)20)11-19-17(22)13-8-7-9-14(10-13)18(3,4)5/h6-10,15,21H,11H2,1-5H3,(H,19,22)/b16-6+/t15-/m0/s1. The van der Waals surface area contributed by atoms with E-state index in [0.717, 1.165) is 5.56 Å². The molecule has 4 nitrogen and oxygen atoms in total. The number of carbonyl (C=O) groups is 2. The summed E-state index contributed by atoms with van der Waals surface area (Å²) in [7, 11) is 0. The Labute approximate surface area is 132 Å². The Balaban J connectivity index is 2.84. The van der Waals surface area contributed by atoms with Gasteiger partial charge < -0.3 is 10.4 Å². The Bertz CT molecular complexity index is 582. The molecule has 0 unspecified atom stereocenters. The predicted octanol–water partition coefficient (Wildman–Crippen LogP) is 3.38. The van der Waals surface area contributed by atoms with Crippen LogP contribution >= 0.6 is 0 Å². The molecule has 0 aromatic heterocycles. The fourth-order valence-electron chi connectivity index (χ4n) is 2.08. The highest BCUT2D eigenvalue weighted by molar-refractivity contribution is 5.94. The summed E-state index contributed by atoms with van der Waals surface area (Å²) in [5.41, 5.74) is 1.58. The van der Waals surface area contributed by atoms with E-state index in [1.807, 2.05) is 18.2 Å². The third kappa shape index (κ3) is 4.72. The molecule has 1 aromatic rings. The van der Waals surface area contributed by atoms with E-state index >= 15 is 0 Å². The summed E-state index contributed by atoms with van der Waals surface area (Å²) in [6.45, 7) is 9.39. The molecule has 0 spiro atoms. The van der Waals surface area contributed by atoms with Gasteiger partial charge in [-0.05, 0) is 43.0 Å². The van der Waals surface area contributed by atoms with E-state index in [4.69, 9.17) is 0 Å². The van der Waals surface area contributed by atoms with E-state index < -0.39 is 5.92 Å². The predicted molar refractivity (Wildman–Crippen MR) is 88.0 cm³/mol. The zero-order valence-corrected chi connectivity index (χ0v) is 13.9. The van der Waals surface area contributed by atoms with Crippen molar-refractivity contribution in [1.82, 2.24) is 5.32 Å². The van der Waals surface area contributed by atoms with Crippen LogP contribution < -0.4 is 5.32 Å². The molecule has 0 heterocycles. The van der Waals surface area contributed by atoms with E-state index in [9.17, 15) is 14.7 Å². The zero-order chi connectivity index (χ0) is 16.9. The van der Waals surface area contributed by atoms with Crippen LogP contribution in [0.3, 0.4) is 0 Å². The molecule has 4 heteroatoms. The molecule has 0 radical (unpaired) electrons. The summed E-state index contributed by atoms with van der Waals surface area (Å²) in [4.78, 5) is 23.8. The lowest BCUT2D eigenvalue weighted by atomic mass is 9.86. The summed E-state index contributed by atoms with van der Waals surface area (Å²) in [5, 5.41) is 12.4. The Morgan fingerprint density at radius 2 is 1.95 bits per heavy atom. The molecule has 0 fully saturated rings. The van der Waals surface area contributed by atoms with Crippen LogP contribution in [0.25, 0.3) is 0 Å². The van der Waals surface area contributed by atoms with Crippen molar-refractivity contribution in [2.75, 3.05) is 6.54 Å². The Morgan fingerprint density at radius 1 is 1.32 bits per heavy atom. The topological polar surface area (TPSA) is 66.4 Å². The summed E-state index contributed by atoms with van der Waals surface area (Å²) in [6.07, 6.45) is 1.47. The van der Waals surface area contributed by atoms with Crippen molar-refractivity contribution in [3.8, 4) is 0 Å². The number of nitrogens with one attached hydrogen (secondary N) is 1. The molecule has 0 aliphatic carbocycles. The van der Waals surface area contributed by atoms with E-state index in [1.54, 1.807) is 13.0 Å². The summed E-state index contributed by atoms with van der Waals surface area (Å²) >= 11 is 0.